The van der Waals surface area contributed by atoms with E-state index in [0.29, 0.717) is 5.56 Å². The SMILES string of the molecule is NC(=O)c1nccn([C@@H]2O[C@H](COC(=O)c3ccccc3)[C@@H](O)[C@H]2O)c1=O.NC(=O)c1nccn([C@@H]2O[C@H](COC(=O)c3ccccc3)[C@@H](OC(=O)c3ccccc3)C2OC(=O)c2ccccc2)c1=O. The summed E-state index contributed by atoms with van der Waals surface area (Å²) in [5.74, 6) is -5.02. The van der Waals surface area contributed by atoms with Crippen molar-refractivity contribution in [1.82, 2.24) is 19.1 Å². The second-order valence-corrected chi connectivity index (χ2v) is 15.2. The largest absolute Gasteiger partial charge is 0.459 e. The molecule has 22 heteroatoms. The molecule has 22 nitrogen and oxygen atoms in total. The van der Waals surface area contributed by atoms with Crippen LogP contribution in [0.1, 0.15) is 74.9 Å². The van der Waals surface area contributed by atoms with Gasteiger partial charge in [0.1, 0.15) is 37.6 Å². The second-order valence-electron chi connectivity index (χ2n) is 15.2. The molecule has 70 heavy (non-hydrogen) atoms. The molecule has 2 aromatic heterocycles. The highest BCUT2D eigenvalue weighted by Crippen LogP contribution is 2.35. The number of carbonyl (C=O) groups is 6. The third-order valence-corrected chi connectivity index (χ3v) is 10.7. The van der Waals surface area contributed by atoms with Crippen molar-refractivity contribution in [2.45, 2.75) is 49.1 Å². The Hall–Kier alpha value is -8.70. The van der Waals surface area contributed by atoms with Gasteiger partial charge in [0, 0.05) is 24.8 Å². The molecule has 0 bridgehead atoms. The summed E-state index contributed by atoms with van der Waals surface area (Å²) in [4.78, 5) is 107. The van der Waals surface area contributed by atoms with Crippen LogP contribution in [-0.4, -0.2) is 115 Å². The molecule has 0 saturated carbocycles. The molecule has 6 aromatic rings. The Morgan fingerprint density at radius 1 is 0.500 bits per heavy atom. The van der Waals surface area contributed by atoms with Gasteiger partial charge in [0.05, 0.1) is 22.3 Å². The van der Waals surface area contributed by atoms with E-state index in [4.69, 9.17) is 39.9 Å². The summed E-state index contributed by atoms with van der Waals surface area (Å²) in [6.07, 6.45) is -6.06. The molecule has 0 radical (unpaired) electrons. The zero-order chi connectivity index (χ0) is 49.9. The van der Waals surface area contributed by atoms with Crippen LogP contribution < -0.4 is 22.6 Å². The van der Waals surface area contributed by atoms with Gasteiger partial charge in [-0.25, -0.2) is 29.1 Å². The lowest BCUT2D eigenvalue weighted by Gasteiger charge is -2.25. The van der Waals surface area contributed by atoms with Crippen molar-refractivity contribution in [2.75, 3.05) is 13.2 Å². The van der Waals surface area contributed by atoms with E-state index in [-0.39, 0.29) is 23.3 Å². The Bertz CT molecular complexity index is 2960. The van der Waals surface area contributed by atoms with Gasteiger partial charge in [0.2, 0.25) is 0 Å². The van der Waals surface area contributed by atoms with Gasteiger partial charge < -0.3 is 50.1 Å². The van der Waals surface area contributed by atoms with Gasteiger partial charge in [-0.3, -0.25) is 28.3 Å². The maximum absolute atomic E-state index is 13.2. The van der Waals surface area contributed by atoms with E-state index >= 15 is 0 Å². The van der Waals surface area contributed by atoms with Gasteiger partial charge in [-0.05, 0) is 48.5 Å². The number of hydrogen-bond acceptors (Lipinski definition) is 18. The molecule has 2 amide bonds. The lowest BCUT2D eigenvalue weighted by molar-refractivity contribution is -0.0636. The van der Waals surface area contributed by atoms with Gasteiger partial charge in [-0.2, -0.15) is 0 Å². The number of nitrogens with two attached hydrogens (primary N) is 2. The summed E-state index contributed by atoms with van der Waals surface area (Å²) >= 11 is 0. The fourth-order valence-corrected chi connectivity index (χ4v) is 7.18. The summed E-state index contributed by atoms with van der Waals surface area (Å²) in [6, 6.07) is 32.4. The molecule has 0 spiro atoms. The molecule has 2 aliphatic heterocycles. The number of aliphatic hydroxyl groups excluding tert-OH is 2. The summed E-state index contributed by atoms with van der Waals surface area (Å²) in [5.41, 5.74) is 8.44. The number of amides is 2. The molecule has 2 fully saturated rings. The smallest absolute Gasteiger partial charge is 0.338 e. The average Bonchev–Trinajstić information content (AvgIpc) is 3.86. The van der Waals surface area contributed by atoms with Crippen molar-refractivity contribution in [3.8, 4) is 0 Å². The van der Waals surface area contributed by atoms with Gasteiger partial charge in [0.15, 0.2) is 36.1 Å². The van der Waals surface area contributed by atoms with E-state index in [2.05, 4.69) is 9.97 Å². The van der Waals surface area contributed by atoms with E-state index in [1.165, 1.54) is 36.7 Å². The second kappa shape index (κ2) is 22.4. The average molecular weight is 959 g/mol. The van der Waals surface area contributed by atoms with Crippen molar-refractivity contribution in [3.63, 3.8) is 0 Å². The van der Waals surface area contributed by atoms with Gasteiger partial charge in [-0.15, -0.1) is 0 Å². The maximum atomic E-state index is 13.2. The fraction of sp³-hybridized carbons (Fsp3) is 0.208. The van der Waals surface area contributed by atoms with Crippen LogP contribution in [0.15, 0.2) is 156 Å². The number of aliphatic hydroxyl groups is 2. The van der Waals surface area contributed by atoms with E-state index in [0.717, 1.165) is 21.5 Å². The number of benzene rings is 4. The molecule has 4 heterocycles. The zero-order valence-electron chi connectivity index (χ0n) is 36.4. The van der Waals surface area contributed by atoms with Crippen LogP contribution in [0.3, 0.4) is 0 Å². The van der Waals surface area contributed by atoms with Crippen LogP contribution in [0.2, 0.25) is 0 Å². The minimum absolute atomic E-state index is 0.174. The first-order valence-corrected chi connectivity index (χ1v) is 21.1. The molecule has 360 valence electrons. The number of aromatic nitrogens is 4. The Kier molecular flexibility index (Phi) is 15.7. The van der Waals surface area contributed by atoms with E-state index < -0.39 is 114 Å². The normalized spacial score (nSPS) is 21.3. The number of nitrogens with zero attached hydrogens (tertiary/aromatic N) is 4. The first-order chi connectivity index (χ1) is 33.7. The molecule has 8 atom stereocenters. The maximum Gasteiger partial charge on any atom is 0.338 e. The predicted molar refractivity (Wildman–Crippen MR) is 239 cm³/mol. The zero-order valence-corrected chi connectivity index (χ0v) is 36.4. The van der Waals surface area contributed by atoms with Gasteiger partial charge in [0.25, 0.3) is 22.9 Å². The van der Waals surface area contributed by atoms with Crippen molar-refractivity contribution in [1.29, 1.82) is 0 Å². The topological polar surface area (TPSA) is 320 Å². The van der Waals surface area contributed by atoms with Crippen LogP contribution in [0.5, 0.6) is 0 Å². The third kappa shape index (κ3) is 11.3. The van der Waals surface area contributed by atoms with Crippen molar-refractivity contribution in [3.05, 3.63) is 200 Å². The number of hydrogen-bond donors (Lipinski definition) is 4. The van der Waals surface area contributed by atoms with E-state index in [1.54, 1.807) is 97.1 Å². The minimum Gasteiger partial charge on any atom is -0.459 e. The number of esters is 4. The van der Waals surface area contributed by atoms with Crippen molar-refractivity contribution >= 4 is 35.7 Å². The standard InChI is InChI=1S/C31H25N3O9.C17H17N3O7/c32-26(35)23-27(36)34(17-16-33-23)28-25(43-31(39)21-14-8-3-9-15-21)24(42-30(38)20-12-6-2-7-13-20)22(41-28)18-40-29(37)19-10-4-1-5-11-19;18-14(23)11-15(24)20(7-6-19-11)16-13(22)12(21)10(27-16)8-26-17(25)9-4-2-1-3-5-9/h1-17,22,24-25,28H,18H2,(H2,32,35);1-7,10,12-13,16,21-22H,8H2,(H2,18,23)/t22-,24-,25?,28-;10-,12-,13-,16-/m11/s1. The molecule has 6 N–H and O–H groups in total. The van der Waals surface area contributed by atoms with Crippen LogP contribution in [0.4, 0.5) is 0 Å². The lowest BCUT2D eigenvalue weighted by Crippen LogP contribution is -2.43. The summed E-state index contributed by atoms with van der Waals surface area (Å²) < 4.78 is 35.6. The quantitative estimate of drug-likeness (QED) is 0.0885. The highest BCUT2D eigenvalue weighted by molar-refractivity contribution is 5.92. The van der Waals surface area contributed by atoms with Crippen LogP contribution in [-0.2, 0) is 28.4 Å². The lowest BCUT2D eigenvalue weighted by atomic mass is 10.1. The Morgan fingerprint density at radius 2 is 0.857 bits per heavy atom. The molecule has 1 unspecified atom stereocenters. The molecule has 2 saturated heterocycles. The van der Waals surface area contributed by atoms with Crippen molar-refractivity contribution < 1.29 is 67.4 Å². The van der Waals surface area contributed by atoms with Crippen LogP contribution >= 0.6 is 0 Å². The van der Waals surface area contributed by atoms with E-state index in [1.807, 2.05) is 0 Å². The molecule has 2 aliphatic rings. The van der Waals surface area contributed by atoms with E-state index in [9.17, 15) is 48.6 Å². The third-order valence-electron chi connectivity index (χ3n) is 10.7. The molecular formula is C48H42N6O16. The fourth-order valence-electron chi connectivity index (χ4n) is 7.18. The van der Waals surface area contributed by atoms with Crippen LogP contribution in [0, 0.1) is 0 Å². The predicted octanol–water partition coefficient (Wildman–Crippen LogP) is 1.37. The molecule has 8 rings (SSSR count). The summed E-state index contributed by atoms with van der Waals surface area (Å²) in [7, 11) is 0. The Balaban J connectivity index is 0.000000229. The van der Waals surface area contributed by atoms with Gasteiger partial charge >= 0.3 is 23.9 Å². The first-order valence-electron chi connectivity index (χ1n) is 21.1. The summed E-state index contributed by atoms with van der Waals surface area (Å²) in [5, 5.41) is 20.4. The highest BCUT2D eigenvalue weighted by Gasteiger charge is 2.52. The molecule has 0 aliphatic carbocycles. The number of primary amides is 2. The minimum atomic E-state index is -1.49. The number of ether oxygens (including phenoxy) is 6. The Morgan fingerprint density at radius 3 is 1.27 bits per heavy atom. The van der Waals surface area contributed by atoms with Crippen molar-refractivity contribution in [2.24, 2.45) is 11.5 Å². The number of rotatable bonds is 14. The molecular weight excluding hydrogens is 917 g/mol. The summed E-state index contributed by atoms with van der Waals surface area (Å²) in [6.45, 7) is -0.788. The first kappa shape index (κ1) is 49.2. The number of carbonyl (C=O) groups excluding carboxylic acids is 6. The monoisotopic (exact) mass is 958 g/mol. The Labute approximate surface area is 395 Å². The van der Waals surface area contributed by atoms with Crippen LogP contribution in [0.25, 0.3) is 0 Å². The van der Waals surface area contributed by atoms with Gasteiger partial charge in [-0.1, -0.05) is 72.8 Å². The molecule has 4 aromatic carbocycles. The highest BCUT2D eigenvalue weighted by atomic mass is 16.7.